The van der Waals surface area contributed by atoms with Crippen molar-refractivity contribution in [2.24, 2.45) is 5.92 Å². The Morgan fingerprint density at radius 3 is 2.24 bits per heavy atom. The first-order valence-corrected chi connectivity index (χ1v) is 6.34. The number of nitrogens with zero attached hydrogens (tertiary/aromatic N) is 1. The molecule has 1 aromatic carbocycles. The third kappa shape index (κ3) is 3.87. The molecule has 92 valence electrons. The van der Waals surface area contributed by atoms with Gasteiger partial charge in [0.15, 0.2) is 0 Å². The first kappa shape index (κ1) is 13.7. The van der Waals surface area contributed by atoms with Crippen LogP contribution in [0.1, 0.15) is 51.3 Å². The smallest absolute Gasteiger partial charge is 0.0991 e. The quantitative estimate of drug-likeness (QED) is 0.838. The molecule has 0 saturated heterocycles. The van der Waals surface area contributed by atoms with Gasteiger partial charge in [0.2, 0.25) is 0 Å². The van der Waals surface area contributed by atoms with E-state index in [0.717, 1.165) is 5.56 Å². The fourth-order valence-corrected chi connectivity index (χ4v) is 1.85. The van der Waals surface area contributed by atoms with E-state index in [1.165, 1.54) is 12.0 Å². The van der Waals surface area contributed by atoms with Crippen molar-refractivity contribution < 1.29 is 0 Å². The average Bonchev–Trinajstić information content (AvgIpc) is 2.37. The summed E-state index contributed by atoms with van der Waals surface area (Å²) < 4.78 is 0. The molecule has 2 heteroatoms. The van der Waals surface area contributed by atoms with Gasteiger partial charge in [-0.15, -0.1) is 0 Å². The van der Waals surface area contributed by atoms with E-state index in [-0.39, 0.29) is 0 Å². The van der Waals surface area contributed by atoms with Gasteiger partial charge in [-0.1, -0.05) is 32.4 Å². The van der Waals surface area contributed by atoms with Crippen LogP contribution in [-0.2, 0) is 0 Å². The fraction of sp³-hybridized carbons (Fsp3) is 0.533. The Hall–Kier alpha value is -1.33. The maximum Gasteiger partial charge on any atom is 0.0991 e. The van der Waals surface area contributed by atoms with Crippen LogP contribution in [0, 0.1) is 17.2 Å². The van der Waals surface area contributed by atoms with Crippen molar-refractivity contribution in [1.82, 2.24) is 5.32 Å². The molecule has 0 radical (unpaired) electrons. The van der Waals surface area contributed by atoms with Crippen LogP contribution in [-0.4, -0.2) is 6.04 Å². The molecule has 1 aromatic rings. The lowest BCUT2D eigenvalue weighted by Crippen LogP contribution is -2.33. The zero-order valence-electron chi connectivity index (χ0n) is 11.2. The summed E-state index contributed by atoms with van der Waals surface area (Å²) in [5.41, 5.74) is 1.95. The standard InChI is InChI=1S/C15H22N2/c1-5-11(2)12(3)17-13(4)15-8-6-14(10-16)7-9-15/h6-9,11-13,17H,5H2,1-4H3. The molecular formula is C15H22N2. The molecule has 3 unspecified atom stereocenters. The third-order valence-corrected chi connectivity index (χ3v) is 3.55. The van der Waals surface area contributed by atoms with Crippen LogP contribution < -0.4 is 5.32 Å². The van der Waals surface area contributed by atoms with Crippen LogP contribution in [0.4, 0.5) is 0 Å². The lowest BCUT2D eigenvalue weighted by Gasteiger charge is -2.24. The summed E-state index contributed by atoms with van der Waals surface area (Å²) in [6.45, 7) is 8.88. The van der Waals surface area contributed by atoms with Gasteiger partial charge in [-0.3, -0.25) is 0 Å². The lowest BCUT2D eigenvalue weighted by molar-refractivity contribution is 0.360. The third-order valence-electron chi connectivity index (χ3n) is 3.55. The Kier molecular flexibility index (Phi) is 5.18. The first-order chi connectivity index (χ1) is 8.08. The zero-order valence-corrected chi connectivity index (χ0v) is 11.2. The normalized spacial score (nSPS) is 15.9. The van der Waals surface area contributed by atoms with Gasteiger partial charge in [0.05, 0.1) is 11.6 Å². The molecular weight excluding hydrogens is 208 g/mol. The molecule has 0 heterocycles. The average molecular weight is 230 g/mol. The molecule has 1 N–H and O–H groups in total. The molecule has 0 spiro atoms. The number of benzene rings is 1. The van der Waals surface area contributed by atoms with Gasteiger partial charge in [-0.2, -0.15) is 5.26 Å². The van der Waals surface area contributed by atoms with Gasteiger partial charge in [-0.05, 0) is 37.5 Å². The zero-order chi connectivity index (χ0) is 12.8. The highest BCUT2D eigenvalue weighted by Crippen LogP contribution is 2.16. The first-order valence-electron chi connectivity index (χ1n) is 6.34. The minimum absolute atomic E-state index is 0.326. The SMILES string of the molecule is CCC(C)C(C)NC(C)c1ccc(C#N)cc1. The van der Waals surface area contributed by atoms with Gasteiger partial charge >= 0.3 is 0 Å². The number of hydrogen-bond donors (Lipinski definition) is 1. The highest BCUT2D eigenvalue weighted by Gasteiger charge is 2.13. The number of nitrogens with one attached hydrogen (secondary N) is 1. The minimum atomic E-state index is 0.326. The molecule has 0 saturated carbocycles. The predicted octanol–water partition coefficient (Wildman–Crippen LogP) is 3.64. The minimum Gasteiger partial charge on any atom is -0.307 e. The number of rotatable bonds is 5. The Morgan fingerprint density at radius 1 is 1.18 bits per heavy atom. The predicted molar refractivity (Wildman–Crippen MR) is 71.6 cm³/mol. The van der Waals surface area contributed by atoms with Crippen LogP contribution >= 0.6 is 0 Å². The Balaban J connectivity index is 2.63. The van der Waals surface area contributed by atoms with Crippen molar-refractivity contribution in [3.8, 4) is 6.07 Å². The van der Waals surface area contributed by atoms with E-state index in [0.29, 0.717) is 18.0 Å². The van der Waals surface area contributed by atoms with Crippen molar-refractivity contribution in [3.63, 3.8) is 0 Å². The number of nitriles is 1. The van der Waals surface area contributed by atoms with Gasteiger partial charge < -0.3 is 5.32 Å². The van der Waals surface area contributed by atoms with Crippen LogP contribution in [0.2, 0.25) is 0 Å². The van der Waals surface area contributed by atoms with Crippen LogP contribution in [0.25, 0.3) is 0 Å². The van der Waals surface area contributed by atoms with Crippen molar-refractivity contribution in [2.45, 2.75) is 46.2 Å². The van der Waals surface area contributed by atoms with Gasteiger partial charge in [-0.25, -0.2) is 0 Å². The summed E-state index contributed by atoms with van der Waals surface area (Å²) in [5.74, 6) is 0.677. The highest BCUT2D eigenvalue weighted by atomic mass is 14.9. The summed E-state index contributed by atoms with van der Waals surface area (Å²) in [7, 11) is 0. The second-order valence-corrected chi connectivity index (χ2v) is 4.80. The maximum absolute atomic E-state index is 8.75. The van der Waals surface area contributed by atoms with Crippen LogP contribution in [0.15, 0.2) is 24.3 Å². The lowest BCUT2D eigenvalue weighted by atomic mass is 9.98. The van der Waals surface area contributed by atoms with E-state index in [1.54, 1.807) is 0 Å². The van der Waals surface area contributed by atoms with E-state index in [2.05, 4.69) is 39.1 Å². The molecule has 3 atom stereocenters. The van der Waals surface area contributed by atoms with E-state index < -0.39 is 0 Å². The van der Waals surface area contributed by atoms with Gasteiger partial charge in [0.25, 0.3) is 0 Å². The van der Waals surface area contributed by atoms with E-state index in [1.807, 2.05) is 24.3 Å². The second-order valence-electron chi connectivity index (χ2n) is 4.80. The van der Waals surface area contributed by atoms with Crippen molar-refractivity contribution in [2.75, 3.05) is 0 Å². The van der Waals surface area contributed by atoms with Crippen molar-refractivity contribution in [3.05, 3.63) is 35.4 Å². The molecule has 0 fully saturated rings. The Bertz CT molecular complexity index is 375. The molecule has 1 rings (SSSR count). The largest absolute Gasteiger partial charge is 0.307 e. The molecule has 0 bridgehead atoms. The van der Waals surface area contributed by atoms with E-state index >= 15 is 0 Å². The highest BCUT2D eigenvalue weighted by molar-refractivity contribution is 5.32. The summed E-state index contributed by atoms with van der Waals surface area (Å²) >= 11 is 0. The Morgan fingerprint density at radius 2 is 1.76 bits per heavy atom. The molecule has 0 amide bonds. The molecule has 0 aliphatic rings. The molecule has 17 heavy (non-hydrogen) atoms. The van der Waals surface area contributed by atoms with Gasteiger partial charge in [0.1, 0.15) is 0 Å². The molecule has 0 aliphatic heterocycles. The summed E-state index contributed by atoms with van der Waals surface area (Å²) in [6.07, 6.45) is 1.19. The molecule has 0 aliphatic carbocycles. The maximum atomic E-state index is 8.75. The van der Waals surface area contributed by atoms with Crippen molar-refractivity contribution in [1.29, 1.82) is 5.26 Å². The number of hydrogen-bond acceptors (Lipinski definition) is 2. The molecule has 0 aromatic heterocycles. The van der Waals surface area contributed by atoms with Crippen molar-refractivity contribution >= 4 is 0 Å². The van der Waals surface area contributed by atoms with E-state index in [4.69, 9.17) is 5.26 Å². The van der Waals surface area contributed by atoms with Crippen LogP contribution in [0.3, 0.4) is 0 Å². The summed E-state index contributed by atoms with van der Waals surface area (Å²) in [4.78, 5) is 0. The second kappa shape index (κ2) is 6.42. The molecule has 2 nitrogen and oxygen atoms in total. The summed E-state index contributed by atoms with van der Waals surface area (Å²) in [5, 5.41) is 12.4. The monoisotopic (exact) mass is 230 g/mol. The van der Waals surface area contributed by atoms with Gasteiger partial charge in [0, 0.05) is 12.1 Å². The van der Waals surface area contributed by atoms with E-state index in [9.17, 15) is 0 Å². The fourth-order valence-electron chi connectivity index (χ4n) is 1.85. The van der Waals surface area contributed by atoms with Crippen LogP contribution in [0.5, 0.6) is 0 Å². The summed E-state index contributed by atoms with van der Waals surface area (Å²) in [6, 6.07) is 10.8. The topological polar surface area (TPSA) is 35.8 Å². The Labute approximate surface area is 105 Å².